The molecule has 0 saturated heterocycles. The minimum Gasteiger partial charge on any atom is -0.399 e. The standard InChI is InChI=1S/C14H14F2N2O2S/c15-12-5-4-11(14(16)7-12)8-18-21(19,20)9-10-2-1-3-13(17)6-10/h1-7,18H,8-9,17H2. The van der Waals surface area contributed by atoms with E-state index in [4.69, 9.17) is 5.73 Å². The molecule has 112 valence electrons. The second-order valence-corrected chi connectivity index (χ2v) is 6.37. The molecule has 0 aliphatic heterocycles. The van der Waals surface area contributed by atoms with Crippen LogP contribution in [0, 0.1) is 11.6 Å². The van der Waals surface area contributed by atoms with E-state index in [0.29, 0.717) is 17.3 Å². The van der Waals surface area contributed by atoms with E-state index in [9.17, 15) is 17.2 Å². The SMILES string of the molecule is Nc1cccc(CS(=O)(=O)NCc2ccc(F)cc2F)c1. The Balaban J connectivity index is 2.04. The van der Waals surface area contributed by atoms with Gasteiger partial charge in [0.15, 0.2) is 0 Å². The second kappa shape index (κ2) is 6.19. The highest BCUT2D eigenvalue weighted by Crippen LogP contribution is 2.12. The summed E-state index contributed by atoms with van der Waals surface area (Å²) < 4.78 is 52.3. The summed E-state index contributed by atoms with van der Waals surface area (Å²) in [4.78, 5) is 0. The maximum absolute atomic E-state index is 13.4. The molecule has 2 aromatic carbocycles. The Morgan fingerprint density at radius 1 is 1.10 bits per heavy atom. The van der Waals surface area contributed by atoms with Crippen LogP contribution in [-0.4, -0.2) is 8.42 Å². The predicted molar refractivity (Wildman–Crippen MR) is 76.7 cm³/mol. The van der Waals surface area contributed by atoms with Gasteiger partial charge < -0.3 is 5.73 Å². The monoisotopic (exact) mass is 312 g/mol. The lowest BCUT2D eigenvalue weighted by atomic mass is 10.2. The fourth-order valence-electron chi connectivity index (χ4n) is 1.81. The molecular weight excluding hydrogens is 298 g/mol. The van der Waals surface area contributed by atoms with E-state index < -0.39 is 21.7 Å². The molecular formula is C14H14F2N2O2S. The number of nitrogen functional groups attached to an aromatic ring is 1. The normalized spacial score (nSPS) is 11.5. The third-order valence-corrected chi connectivity index (χ3v) is 4.10. The van der Waals surface area contributed by atoms with Gasteiger partial charge in [-0.25, -0.2) is 21.9 Å². The third kappa shape index (κ3) is 4.51. The molecule has 2 rings (SSSR count). The zero-order valence-corrected chi connectivity index (χ0v) is 11.8. The Morgan fingerprint density at radius 3 is 2.52 bits per heavy atom. The van der Waals surface area contributed by atoms with E-state index in [1.165, 1.54) is 6.07 Å². The fourth-order valence-corrected chi connectivity index (χ4v) is 2.90. The van der Waals surface area contributed by atoms with Crippen molar-refractivity contribution >= 4 is 15.7 Å². The van der Waals surface area contributed by atoms with Gasteiger partial charge >= 0.3 is 0 Å². The maximum Gasteiger partial charge on any atom is 0.216 e. The minimum atomic E-state index is -3.64. The Hall–Kier alpha value is -1.99. The first-order valence-electron chi connectivity index (χ1n) is 6.11. The zero-order chi connectivity index (χ0) is 15.5. The lowest BCUT2D eigenvalue weighted by Gasteiger charge is -2.08. The number of nitrogens with one attached hydrogen (secondary N) is 1. The van der Waals surface area contributed by atoms with Gasteiger partial charge in [-0.15, -0.1) is 0 Å². The van der Waals surface area contributed by atoms with Crippen molar-refractivity contribution in [1.29, 1.82) is 0 Å². The molecule has 4 nitrogen and oxygen atoms in total. The quantitative estimate of drug-likeness (QED) is 0.831. The number of rotatable bonds is 5. The van der Waals surface area contributed by atoms with Gasteiger partial charge in [-0.1, -0.05) is 18.2 Å². The third-order valence-electron chi connectivity index (χ3n) is 2.81. The molecule has 0 heterocycles. The van der Waals surface area contributed by atoms with Crippen LogP contribution in [0.5, 0.6) is 0 Å². The summed E-state index contributed by atoms with van der Waals surface area (Å²) in [5.41, 5.74) is 6.65. The molecule has 3 N–H and O–H groups in total. The van der Waals surface area contributed by atoms with E-state index in [1.54, 1.807) is 24.3 Å². The van der Waals surface area contributed by atoms with Crippen molar-refractivity contribution < 1.29 is 17.2 Å². The number of sulfonamides is 1. The average Bonchev–Trinajstić information content (AvgIpc) is 2.37. The predicted octanol–water partition coefficient (Wildman–Crippen LogP) is 2.17. The lowest BCUT2D eigenvalue weighted by molar-refractivity contribution is 0.562. The van der Waals surface area contributed by atoms with Crippen LogP contribution in [0.25, 0.3) is 0 Å². The van der Waals surface area contributed by atoms with Gasteiger partial charge in [0.2, 0.25) is 10.0 Å². The molecule has 0 radical (unpaired) electrons. The number of hydrogen-bond donors (Lipinski definition) is 2. The molecule has 0 spiro atoms. The van der Waals surface area contributed by atoms with E-state index in [-0.39, 0.29) is 17.9 Å². The Kier molecular flexibility index (Phi) is 4.54. The van der Waals surface area contributed by atoms with Gasteiger partial charge in [0, 0.05) is 23.9 Å². The van der Waals surface area contributed by atoms with Crippen LogP contribution in [-0.2, 0) is 22.3 Å². The molecule has 7 heteroatoms. The second-order valence-electron chi connectivity index (χ2n) is 4.56. The first-order valence-corrected chi connectivity index (χ1v) is 7.77. The van der Waals surface area contributed by atoms with Crippen LogP contribution in [0.3, 0.4) is 0 Å². The van der Waals surface area contributed by atoms with Crippen LogP contribution in [0.4, 0.5) is 14.5 Å². The summed E-state index contributed by atoms with van der Waals surface area (Å²) in [6.07, 6.45) is 0. The van der Waals surface area contributed by atoms with Gasteiger partial charge in [0.1, 0.15) is 11.6 Å². The summed E-state index contributed by atoms with van der Waals surface area (Å²) in [6.45, 7) is -0.239. The van der Waals surface area contributed by atoms with Crippen molar-refractivity contribution in [2.24, 2.45) is 0 Å². The van der Waals surface area contributed by atoms with Gasteiger partial charge in [-0.3, -0.25) is 0 Å². The van der Waals surface area contributed by atoms with Gasteiger partial charge in [-0.05, 0) is 23.8 Å². The van der Waals surface area contributed by atoms with Crippen molar-refractivity contribution in [3.05, 3.63) is 65.2 Å². The molecule has 0 aromatic heterocycles. The molecule has 0 fully saturated rings. The van der Waals surface area contributed by atoms with Crippen molar-refractivity contribution in [1.82, 2.24) is 4.72 Å². The Labute approximate surface area is 121 Å². The van der Waals surface area contributed by atoms with E-state index in [2.05, 4.69) is 4.72 Å². The number of benzene rings is 2. The Morgan fingerprint density at radius 2 is 1.86 bits per heavy atom. The first kappa shape index (κ1) is 15.4. The minimum absolute atomic E-state index is 0.0764. The number of anilines is 1. The molecule has 0 amide bonds. The van der Waals surface area contributed by atoms with E-state index >= 15 is 0 Å². The van der Waals surface area contributed by atoms with Crippen molar-refractivity contribution in [2.45, 2.75) is 12.3 Å². The molecule has 0 aliphatic rings. The van der Waals surface area contributed by atoms with Gasteiger partial charge in [0.05, 0.1) is 5.75 Å². The summed E-state index contributed by atoms with van der Waals surface area (Å²) in [5, 5.41) is 0. The summed E-state index contributed by atoms with van der Waals surface area (Å²) in [5.74, 6) is -1.76. The summed E-state index contributed by atoms with van der Waals surface area (Å²) >= 11 is 0. The summed E-state index contributed by atoms with van der Waals surface area (Å²) in [6, 6.07) is 9.48. The topological polar surface area (TPSA) is 72.2 Å². The van der Waals surface area contributed by atoms with Crippen LogP contribution < -0.4 is 10.5 Å². The Bertz CT molecular complexity index is 748. The van der Waals surface area contributed by atoms with Crippen LogP contribution >= 0.6 is 0 Å². The molecule has 21 heavy (non-hydrogen) atoms. The molecule has 2 aromatic rings. The zero-order valence-electron chi connectivity index (χ0n) is 11.0. The molecule has 0 bridgehead atoms. The van der Waals surface area contributed by atoms with Crippen molar-refractivity contribution in [3.63, 3.8) is 0 Å². The smallest absolute Gasteiger partial charge is 0.216 e. The molecule has 0 atom stereocenters. The van der Waals surface area contributed by atoms with Gasteiger partial charge in [-0.2, -0.15) is 0 Å². The largest absolute Gasteiger partial charge is 0.399 e. The average molecular weight is 312 g/mol. The summed E-state index contributed by atoms with van der Waals surface area (Å²) in [7, 11) is -3.64. The number of halogens is 2. The highest BCUT2D eigenvalue weighted by atomic mass is 32.2. The van der Waals surface area contributed by atoms with Crippen molar-refractivity contribution in [3.8, 4) is 0 Å². The van der Waals surface area contributed by atoms with E-state index in [0.717, 1.165) is 6.07 Å². The van der Waals surface area contributed by atoms with Crippen LogP contribution in [0.2, 0.25) is 0 Å². The van der Waals surface area contributed by atoms with E-state index in [1.807, 2.05) is 0 Å². The lowest BCUT2D eigenvalue weighted by Crippen LogP contribution is -2.25. The molecule has 0 unspecified atom stereocenters. The van der Waals surface area contributed by atoms with Crippen LogP contribution in [0.1, 0.15) is 11.1 Å². The van der Waals surface area contributed by atoms with Crippen molar-refractivity contribution in [2.75, 3.05) is 5.73 Å². The number of nitrogens with two attached hydrogens (primary N) is 1. The molecule has 0 aliphatic carbocycles. The number of hydrogen-bond acceptors (Lipinski definition) is 3. The maximum atomic E-state index is 13.4. The molecule has 0 saturated carbocycles. The van der Waals surface area contributed by atoms with Gasteiger partial charge in [0.25, 0.3) is 0 Å². The van der Waals surface area contributed by atoms with Crippen LogP contribution in [0.15, 0.2) is 42.5 Å². The fraction of sp³-hybridized carbons (Fsp3) is 0.143. The highest BCUT2D eigenvalue weighted by Gasteiger charge is 2.13. The first-order chi connectivity index (χ1) is 9.85. The highest BCUT2D eigenvalue weighted by molar-refractivity contribution is 7.88.